The van der Waals surface area contributed by atoms with Crippen LogP contribution in [0.1, 0.15) is 41.9 Å². The minimum atomic E-state index is -0.451. The summed E-state index contributed by atoms with van der Waals surface area (Å²) >= 11 is 0. The topological polar surface area (TPSA) is 75.2 Å². The minimum Gasteiger partial charge on any atom is -0.336 e. The molecular weight excluding hydrogens is 340 g/mol. The maximum Gasteiger partial charge on any atom is 0.251 e. The van der Waals surface area contributed by atoms with Crippen LogP contribution >= 0.6 is 0 Å². The molecule has 1 saturated carbocycles. The molecule has 1 aliphatic heterocycles. The Balaban J connectivity index is 1.66. The molecule has 1 aromatic heterocycles. The number of benzene rings is 1. The van der Waals surface area contributed by atoms with Gasteiger partial charge in [-0.1, -0.05) is 49.2 Å². The summed E-state index contributed by atoms with van der Waals surface area (Å²) in [6.07, 6.45) is 7.74. The number of Topliss-reactive ketones (excluding diaryl/α,β-unsaturated/α-hetero) is 1. The summed E-state index contributed by atoms with van der Waals surface area (Å²) in [6.45, 7) is 3.84. The number of nitrogens with one attached hydrogen (secondary N) is 1. The largest absolute Gasteiger partial charge is 0.336 e. The summed E-state index contributed by atoms with van der Waals surface area (Å²) in [6, 6.07) is 8.95. The lowest BCUT2D eigenvalue weighted by Gasteiger charge is -2.39. The summed E-state index contributed by atoms with van der Waals surface area (Å²) in [4.78, 5) is 36.0. The number of hydrogen-bond donors (Lipinski definition) is 1. The Morgan fingerprint density at radius 3 is 2.70 bits per heavy atom. The van der Waals surface area contributed by atoms with Crippen LogP contribution in [-0.4, -0.2) is 33.7 Å². The molecule has 1 aliphatic carbocycles. The number of ketones is 1. The predicted octanol–water partition coefficient (Wildman–Crippen LogP) is 3.16. The van der Waals surface area contributed by atoms with E-state index in [-0.39, 0.29) is 24.2 Å². The van der Waals surface area contributed by atoms with Gasteiger partial charge in [0.1, 0.15) is 17.6 Å². The van der Waals surface area contributed by atoms with Crippen LogP contribution in [-0.2, 0) is 11.2 Å². The Morgan fingerprint density at radius 2 is 2.00 bits per heavy atom. The van der Waals surface area contributed by atoms with E-state index in [4.69, 9.17) is 0 Å². The fourth-order valence-corrected chi connectivity index (χ4v) is 3.92. The van der Waals surface area contributed by atoms with Crippen molar-refractivity contribution in [3.8, 4) is 0 Å². The molecule has 27 heavy (non-hydrogen) atoms. The second kappa shape index (κ2) is 7.31. The van der Waals surface area contributed by atoms with E-state index in [1.807, 2.05) is 18.2 Å². The number of aromatic nitrogens is 2. The maximum absolute atomic E-state index is 12.5. The highest BCUT2D eigenvalue weighted by Gasteiger charge is 2.38. The van der Waals surface area contributed by atoms with E-state index in [0.717, 1.165) is 25.7 Å². The maximum atomic E-state index is 12.5. The first-order valence-electron chi connectivity index (χ1n) is 9.33. The predicted molar refractivity (Wildman–Crippen MR) is 104 cm³/mol. The molecule has 0 radical (unpaired) electrons. The van der Waals surface area contributed by atoms with Crippen molar-refractivity contribution >= 4 is 23.2 Å². The zero-order chi connectivity index (χ0) is 18.8. The van der Waals surface area contributed by atoms with Gasteiger partial charge in [0, 0.05) is 11.6 Å². The van der Waals surface area contributed by atoms with Crippen LogP contribution in [0.4, 0.5) is 11.5 Å². The van der Waals surface area contributed by atoms with Crippen LogP contribution in [0.5, 0.6) is 0 Å². The lowest BCUT2D eigenvalue weighted by Crippen LogP contribution is -2.51. The normalized spacial score (nSPS) is 19.5. The highest BCUT2D eigenvalue weighted by molar-refractivity contribution is 6.04. The summed E-state index contributed by atoms with van der Waals surface area (Å²) in [7, 11) is 0. The zero-order valence-electron chi connectivity index (χ0n) is 15.1. The molecule has 1 atom stereocenters. The summed E-state index contributed by atoms with van der Waals surface area (Å²) < 4.78 is 0. The molecule has 1 aromatic carbocycles. The molecule has 0 spiro atoms. The second-order valence-corrected chi connectivity index (χ2v) is 7.00. The van der Waals surface area contributed by atoms with Gasteiger partial charge in [-0.05, 0) is 12.8 Å². The van der Waals surface area contributed by atoms with Gasteiger partial charge >= 0.3 is 0 Å². The van der Waals surface area contributed by atoms with Crippen LogP contribution in [0.15, 0.2) is 49.2 Å². The van der Waals surface area contributed by atoms with Crippen molar-refractivity contribution in [2.24, 2.45) is 0 Å². The molecule has 2 aromatic rings. The number of rotatable bonds is 5. The first-order valence-corrected chi connectivity index (χ1v) is 9.33. The SMILES string of the molecule is C=CC1C(=O)Nc2cnc(CC(=O)c3ccccc3)nc2N1C1CCCC1. The van der Waals surface area contributed by atoms with Crippen LogP contribution in [0.25, 0.3) is 0 Å². The molecule has 4 rings (SSSR count). The van der Waals surface area contributed by atoms with Gasteiger partial charge in [0.15, 0.2) is 11.6 Å². The molecular formula is C21H22N4O2. The van der Waals surface area contributed by atoms with Gasteiger partial charge in [0.05, 0.1) is 12.6 Å². The molecule has 1 amide bonds. The quantitative estimate of drug-likeness (QED) is 0.653. The Morgan fingerprint density at radius 1 is 1.26 bits per heavy atom. The molecule has 1 fully saturated rings. The van der Waals surface area contributed by atoms with E-state index >= 15 is 0 Å². The monoisotopic (exact) mass is 362 g/mol. The van der Waals surface area contributed by atoms with E-state index < -0.39 is 6.04 Å². The van der Waals surface area contributed by atoms with Crippen LogP contribution in [0, 0.1) is 0 Å². The standard InChI is InChI=1S/C21H22N4O2/c1-2-17-21(27)23-16-13-22-19(12-18(26)14-8-4-3-5-9-14)24-20(16)25(17)15-10-6-7-11-15/h2-5,8-9,13,15,17H,1,6-7,10-12H2,(H,23,27). The summed E-state index contributed by atoms with van der Waals surface area (Å²) in [5, 5.41) is 2.86. The van der Waals surface area contributed by atoms with Crippen molar-refractivity contribution in [1.82, 2.24) is 9.97 Å². The minimum absolute atomic E-state index is 0.0249. The molecule has 138 valence electrons. The van der Waals surface area contributed by atoms with Crippen molar-refractivity contribution in [3.05, 3.63) is 60.6 Å². The van der Waals surface area contributed by atoms with E-state index in [2.05, 4.69) is 26.8 Å². The average molecular weight is 362 g/mol. The third kappa shape index (κ3) is 3.35. The van der Waals surface area contributed by atoms with Crippen molar-refractivity contribution in [2.75, 3.05) is 10.2 Å². The number of anilines is 2. The number of hydrogen-bond acceptors (Lipinski definition) is 5. The van der Waals surface area contributed by atoms with Crippen LogP contribution < -0.4 is 10.2 Å². The van der Waals surface area contributed by atoms with Gasteiger partial charge in [-0.2, -0.15) is 0 Å². The lowest BCUT2D eigenvalue weighted by molar-refractivity contribution is -0.116. The molecule has 0 saturated heterocycles. The Kier molecular flexibility index (Phi) is 4.71. The van der Waals surface area contributed by atoms with Gasteiger partial charge in [0.25, 0.3) is 5.91 Å². The lowest BCUT2D eigenvalue weighted by atomic mass is 10.1. The van der Waals surface area contributed by atoms with Crippen molar-refractivity contribution < 1.29 is 9.59 Å². The zero-order valence-corrected chi connectivity index (χ0v) is 15.1. The van der Waals surface area contributed by atoms with E-state index in [0.29, 0.717) is 22.9 Å². The molecule has 1 N–H and O–H groups in total. The third-order valence-electron chi connectivity index (χ3n) is 5.25. The van der Waals surface area contributed by atoms with E-state index in [1.165, 1.54) is 0 Å². The third-order valence-corrected chi connectivity index (χ3v) is 5.25. The Labute approximate surface area is 158 Å². The Bertz CT molecular complexity index is 875. The number of amides is 1. The van der Waals surface area contributed by atoms with Gasteiger partial charge in [-0.3, -0.25) is 9.59 Å². The van der Waals surface area contributed by atoms with Crippen molar-refractivity contribution in [1.29, 1.82) is 0 Å². The van der Waals surface area contributed by atoms with Crippen molar-refractivity contribution in [3.63, 3.8) is 0 Å². The number of carbonyl (C=O) groups is 2. The number of carbonyl (C=O) groups excluding carboxylic acids is 2. The number of fused-ring (bicyclic) bond motifs is 1. The summed E-state index contributed by atoms with van der Waals surface area (Å²) in [5.74, 6) is 1.02. The van der Waals surface area contributed by atoms with Crippen LogP contribution in [0.3, 0.4) is 0 Å². The highest BCUT2D eigenvalue weighted by atomic mass is 16.2. The van der Waals surface area contributed by atoms with Crippen molar-refractivity contribution in [2.45, 2.75) is 44.2 Å². The highest BCUT2D eigenvalue weighted by Crippen LogP contribution is 2.36. The van der Waals surface area contributed by atoms with Gasteiger partial charge in [-0.15, -0.1) is 6.58 Å². The smallest absolute Gasteiger partial charge is 0.251 e. The van der Waals surface area contributed by atoms with E-state index in [9.17, 15) is 9.59 Å². The van der Waals surface area contributed by atoms with Gasteiger partial charge < -0.3 is 10.2 Å². The number of nitrogens with zero attached hydrogens (tertiary/aromatic N) is 3. The van der Waals surface area contributed by atoms with E-state index in [1.54, 1.807) is 24.4 Å². The summed E-state index contributed by atoms with van der Waals surface area (Å²) in [5.41, 5.74) is 1.24. The molecule has 2 heterocycles. The average Bonchev–Trinajstić information content (AvgIpc) is 3.22. The first-order chi connectivity index (χ1) is 13.2. The first kappa shape index (κ1) is 17.4. The molecule has 6 nitrogen and oxygen atoms in total. The van der Waals surface area contributed by atoms with Gasteiger partial charge in [0.2, 0.25) is 0 Å². The van der Waals surface area contributed by atoms with Crippen LogP contribution in [0.2, 0.25) is 0 Å². The molecule has 0 bridgehead atoms. The second-order valence-electron chi connectivity index (χ2n) is 7.00. The fourth-order valence-electron chi connectivity index (χ4n) is 3.92. The molecule has 1 unspecified atom stereocenters. The molecule has 2 aliphatic rings. The molecule has 6 heteroatoms. The Hall–Kier alpha value is -3.02. The van der Waals surface area contributed by atoms with Gasteiger partial charge in [-0.25, -0.2) is 9.97 Å². The fraction of sp³-hybridized carbons (Fsp3) is 0.333.